The zero-order chi connectivity index (χ0) is 25.1. The second kappa shape index (κ2) is 8.48. The molecule has 2 aliphatic rings. The van der Waals surface area contributed by atoms with Gasteiger partial charge in [0.15, 0.2) is 4.96 Å². The summed E-state index contributed by atoms with van der Waals surface area (Å²) in [4.78, 5) is 43.6. The molecule has 4 aromatic heterocycles. The summed E-state index contributed by atoms with van der Waals surface area (Å²) in [6.45, 7) is 2.96. The number of fused-ring (bicyclic) bond motifs is 3. The van der Waals surface area contributed by atoms with E-state index in [1.54, 1.807) is 12.4 Å². The van der Waals surface area contributed by atoms with E-state index in [1.807, 2.05) is 70.3 Å². The highest BCUT2D eigenvalue weighted by atomic mass is 32.1. The summed E-state index contributed by atoms with van der Waals surface area (Å²) in [6.07, 6.45) is 6.41. The maximum absolute atomic E-state index is 14.1. The van der Waals surface area contributed by atoms with Gasteiger partial charge in [0.25, 0.3) is 11.8 Å². The van der Waals surface area contributed by atoms with Crippen LogP contribution in [-0.4, -0.2) is 55.2 Å². The van der Waals surface area contributed by atoms with E-state index in [4.69, 9.17) is 4.98 Å². The zero-order valence-corrected chi connectivity index (χ0v) is 21.0. The molecular formula is C28H24N6O2S. The molecule has 1 aromatic carbocycles. The van der Waals surface area contributed by atoms with Crippen LogP contribution in [0.4, 0.5) is 0 Å². The number of pyridine rings is 2. The largest absolute Gasteiger partial charge is 0.349 e. The van der Waals surface area contributed by atoms with Crippen LogP contribution >= 0.6 is 11.3 Å². The normalized spacial score (nSPS) is 20.4. The summed E-state index contributed by atoms with van der Waals surface area (Å²) in [5.41, 5.74) is 4.19. The van der Waals surface area contributed by atoms with Crippen molar-refractivity contribution in [1.29, 1.82) is 0 Å². The zero-order valence-electron chi connectivity index (χ0n) is 20.2. The van der Waals surface area contributed by atoms with Crippen molar-refractivity contribution in [2.24, 2.45) is 11.8 Å². The Hall–Kier alpha value is -4.11. The number of aryl methyl sites for hydroxylation is 1. The molecule has 1 saturated carbocycles. The predicted molar refractivity (Wildman–Crippen MR) is 142 cm³/mol. The summed E-state index contributed by atoms with van der Waals surface area (Å²) in [5.74, 6) is 0.682. The minimum absolute atomic E-state index is 0.0516. The van der Waals surface area contributed by atoms with Crippen molar-refractivity contribution < 1.29 is 9.59 Å². The van der Waals surface area contributed by atoms with Crippen molar-refractivity contribution >= 4 is 39.0 Å². The summed E-state index contributed by atoms with van der Waals surface area (Å²) in [6, 6.07) is 13.5. The first-order valence-corrected chi connectivity index (χ1v) is 13.3. The number of nitrogens with zero attached hydrogens (tertiary/aromatic N) is 5. The molecule has 1 N–H and O–H groups in total. The highest BCUT2D eigenvalue weighted by Crippen LogP contribution is 2.50. The van der Waals surface area contributed by atoms with Crippen LogP contribution in [0.5, 0.6) is 0 Å². The molecule has 184 valence electrons. The Bertz CT molecular complexity index is 1680. The Labute approximate surface area is 217 Å². The average Bonchev–Trinajstić information content (AvgIpc) is 3.22. The van der Waals surface area contributed by atoms with E-state index < -0.39 is 0 Å². The number of hydrogen-bond acceptors (Lipinski definition) is 6. The van der Waals surface area contributed by atoms with Crippen molar-refractivity contribution in [1.82, 2.24) is 29.6 Å². The molecule has 7 rings (SSSR count). The van der Waals surface area contributed by atoms with Crippen LogP contribution in [0.25, 0.3) is 27.1 Å². The van der Waals surface area contributed by atoms with Crippen LogP contribution in [0.3, 0.4) is 0 Å². The Morgan fingerprint density at radius 1 is 1.16 bits per heavy atom. The highest BCUT2D eigenvalue weighted by molar-refractivity contribution is 7.15. The maximum Gasteiger partial charge on any atom is 0.270 e. The van der Waals surface area contributed by atoms with Crippen molar-refractivity contribution in [2.75, 3.05) is 13.1 Å². The molecule has 2 fully saturated rings. The molecule has 0 spiro atoms. The van der Waals surface area contributed by atoms with Crippen molar-refractivity contribution in [3.63, 3.8) is 0 Å². The van der Waals surface area contributed by atoms with Gasteiger partial charge in [-0.3, -0.25) is 19.0 Å². The molecule has 5 aromatic rings. The third-order valence-corrected chi connectivity index (χ3v) is 8.34. The smallest absolute Gasteiger partial charge is 0.270 e. The lowest BCUT2D eigenvalue weighted by Gasteiger charge is -2.28. The van der Waals surface area contributed by atoms with E-state index in [0.717, 1.165) is 27.8 Å². The van der Waals surface area contributed by atoms with Crippen LogP contribution < -0.4 is 5.32 Å². The van der Waals surface area contributed by atoms with Crippen molar-refractivity contribution in [3.05, 3.63) is 83.4 Å². The molecule has 0 radical (unpaired) electrons. The first-order valence-electron chi connectivity index (χ1n) is 12.4. The van der Waals surface area contributed by atoms with Gasteiger partial charge in [0.1, 0.15) is 5.69 Å². The summed E-state index contributed by atoms with van der Waals surface area (Å²) in [5, 5.41) is 5.85. The Morgan fingerprint density at radius 2 is 2.03 bits per heavy atom. The lowest BCUT2D eigenvalue weighted by Crippen LogP contribution is -2.46. The van der Waals surface area contributed by atoms with Crippen LogP contribution in [-0.2, 0) is 0 Å². The molecule has 1 aliphatic heterocycles. The average molecular weight is 509 g/mol. The number of likely N-dealkylation sites (tertiary alicyclic amines) is 1. The fourth-order valence-corrected chi connectivity index (χ4v) is 6.43. The summed E-state index contributed by atoms with van der Waals surface area (Å²) >= 11 is 1.50. The first-order chi connectivity index (χ1) is 18.1. The topological polar surface area (TPSA) is 92.5 Å². The molecule has 8 nitrogen and oxygen atoms in total. The third-order valence-electron chi connectivity index (χ3n) is 7.58. The van der Waals surface area contributed by atoms with Crippen LogP contribution in [0.1, 0.15) is 33.0 Å². The van der Waals surface area contributed by atoms with Gasteiger partial charge in [-0.2, -0.15) is 0 Å². The number of amides is 2. The van der Waals surface area contributed by atoms with E-state index in [1.165, 1.54) is 11.3 Å². The maximum atomic E-state index is 14.1. The number of piperidine rings is 1. The van der Waals surface area contributed by atoms with E-state index in [2.05, 4.69) is 15.3 Å². The molecule has 3 atom stereocenters. The fraction of sp³-hybridized carbons (Fsp3) is 0.250. The number of thiazole rings is 1. The van der Waals surface area contributed by atoms with Gasteiger partial charge in [-0.05, 0) is 37.3 Å². The number of nitrogens with one attached hydrogen (secondary N) is 1. The monoisotopic (exact) mass is 508 g/mol. The number of rotatable bonds is 5. The van der Waals surface area contributed by atoms with Crippen molar-refractivity contribution in [3.8, 4) is 11.3 Å². The lowest BCUT2D eigenvalue weighted by molar-refractivity contribution is 0.0695. The SMILES string of the molecule is Cc1nc2sccn2c1C(=O)NC[C@@H]1[C@H]2C[C@H]2CN1C(=O)c1cc2cnccc2nc1-c1ccccc1. The van der Waals surface area contributed by atoms with Crippen molar-refractivity contribution in [2.45, 2.75) is 19.4 Å². The molecular weight excluding hydrogens is 484 g/mol. The molecule has 9 heteroatoms. The molecule has 1 aliphatic carbocycles. The van der Waals surface area contributed by atoms with E-state index in [0.29, 0.717) is 47.6 Å². The second-order valence-electron chi connectivity index (χ2n) is 9.81. The summed E-state index contributed by atoms with van der Waals surface area (Å²) in [7, 11) is 0. The minimum Gasteiger partial charge on any atom is -0.349 e. The molecule has 0 bridgehead atoms. The number of benzene rings is 1. The van der Waals surface area contributed by atoms with Gasteiger partial charge >= 0.3 is 0 Å². The Kier molecular flexibility index (Phi) is 5.07. The lowest BCUT2D eigenvalue weighted by atomic mass is 10.0. The number of imidazole rings is 1. The van der Waals surface area contributed by atoms with Crippen LogP contribution in [0.15, 0.2) is 66.4 Å². The molecule has 1 saturated heterocycles. The number of aromatic nitrogens is 4. The Balaban J connectivity index is 1.19. The summed E-state index contributed by atoms with van der Waals surface area (Å²) < 4.78 is 1.83. The van der Waals surface area contributed by atoms with Gasteiger partial charge in [-0.25, -0.2) is 9.97 Å². The van der Waals surface area contributed by atoms with Gasteiger partial charge in [-0.1, -0.05) is 30.3 Å². The van der Waals surface area contributed by atoms with Gasteiger partial charge < -0.3 is 10.2 Å². The van der Waals surface area contributed by atoms with Gasteiger partial charge in [0, 0.05) is 48.0 Å². The number of hydrogen-bond donors (Lipinski definition) is 1. The van der Waals surface area contributed by atoms with E-state index in [9.17, 15) is 9.59 Å². The number of carbonyl (C=O) groups excluding carboxylic acids is 2. The third kappa shape index (κ3) is 3.69. The Morgan fingerprint density at radius 3 is 2.89 bits per heavy atom. The van der Waals surface area contributed by atoms with Gasteiger partial charge in [-0.15, -0.1) is 11.3 Å². The van der Waals surface area contributed by atoms with E-state index in [-0.39, 0.29) is 17.9 Å². The van der Waals surface area contributed by atoms with Gasteiger partial charge in [0.05, 0.1) is 28.5 Å². The second-order valence-corrected chi connectivity index (χ2v) is 10.7. The predicted octanol–water partition coefficient (Wildman–Crippen LogP) is 4.20. The fourth-order valence-electron chi connectivity index (χ4n) is 5.67. The number of carbonyl (C=O) groups is 2. The highest BCUT2D eigenvalue weighted by Gasteiger charge is 2.54. The van der Waals surface area contributed by atoms with E-state index >= 15 is 0 Å². The first kappa shape index (κ1) is 22.1. The van der Waals surface area contributed by atoms with Crippen LogP contribution in [0, 0.1) is 18.8 Å². The minimum atomic E-state index is -0.164. The van der Waals surface area contributed by atoms with Gasteiger partial charge in [0.2, 0.25) is 0 Å². The molecule has 37 heavy (non-hydrogen) atoms. The quantitative estimate of drug-likeness (QED) is 0.384. The molecule has 5 heterocycles. The molecule has 2 amide bonds. The van der Waals surface area contributed by atoms with Crippen LogP contribution in [0.2, 0.25) is 0 Å². The molecule has 0 unspecified atom stereocenters. The standard InChI is InChI=1S/C28H24N6O2S/c1-16-25(33-9-10-37-28(33)31-16)26(35)30-14-23-20-12-19(20)15-34(23)27(36)21-11-18-13-29-8-7-22(18)32-24(21)17-5-3-2-4-6-17/h2-11,13,19-20,23H,12,14-15H2,1H3,(H,30,35)/t19-,20-,23+/m0/s1.